The minimum Gasteiger partial charge on any atom is -0.420 e. The summed E-state index contributed by atoms with van der Waals surface area (Å²) < 4.78 is 5.83. The van der Waals surface area contributed by atoms with Gasteiger partial charge in [0.25, 0.3) is 5.91 Å². The van der Waals surface area contributed by atoms with E-state index in [9.17, 15) is 4.79 Å². The normalized spacial score (nSPS) is 17.4. The van der Waals surface area contributed by atoms with E-state index in [1.165, 1.54) is 0 Å². The maximum atomic E-state index is 12.6. The average Bonchev–Trinajstić information content (AvgIpc) is 3.19. The Bertz CT molecular complexity index is 850. The molecule has 0 spiro atoms. The van der Waals surface area contributed by atoms with E-state index >= 15 is 0 Å². The fourth-order valence-corrected chi connectivity index (χ4v) is 3.04. The smallest absolute Gasteiger partial charge is 0.255 e. The quantitative estimate of drug-likeness (QED) is 0.731. The Hall–Kier alpha value is -3.09. The molecule has 3 aromatic rings. The van der Waals surface area contributed by atoms with Crippen LogP contribution in [0.2, 0.25) is 0 Å². The molecule has 1 unspecified atom stereocenters. The molecular formula is C18H17N5O2. The molecule has 1 aliphatic heterocycles. The van der Waals surface area contributed by atoms with E-state index in [0.29, 0.717) is 23.9 Å². The van der Waals surface area contributed by atoms with Crippen LogP contribution in [0.5, 0.6) is 0 Å². The fraction of sp³-hybridized carbons (Fsp3) is 0.278. The Morgan fingerprint density at radius 1 is 1.12 bits per heavy atom. The average molecular weight is 335 g/mol. The molecule has 1 atom stereocenters. The van der Waals surface area contributed by atoms with Gasteiger partial charge < -0.3 is 9.32 Å². The van der Waals surface area contributed by atoms with Crippen molar-refractivity contribution in [3.05, 3.63) is 60.5 Å². The van der Waals surface area contributed by atoms with Gasteiger partial charge in [-0.3, -0.25) is 14.8 Å². The molecule has 1 fully saturated rings. The van der Waals surface area contributed by atoms with Crippen LogP contribution in [0, 0.1) is 0 Å². The van der Waals surface area contributed by atoms with Gasteiger partial charge >= 0.3 is 0 Å². The van der Waals surface area contributed by atoms with Crippen LogP contribution in [0.4, 0.5) is 0 Å². The molecule has 1 aliphatic rings. The van der Waals surface area contributed by atoms with Gasteiger partial charge in [-0.2, -0.15) is 0 Å². The summed E-state index contributed by atoms with van der Waals surface area (Å²) in [7, 11) is 0. The van der Waals surface area contributed by atoms with Crippen LogP contribution in [0.25, 0.3) is 11.5 Å². The van der Waals surface area contributed by atoms with Crippen LogP contribution in [0.15, 0.2) is 53.5 Å². The van der Waals surface area contributed by atoms with Crippen molar-refractivity contribution in [3.8, 4) is 11.5 Å². The summed E-state index contributed by atoms with van der Waals surface area (Å²) in [5.74, 6) is 1.07. The Balaban J connectivity index is 1.50. The van der Waals surface area contributed by atoms with Gasteiger partial charge in [0, 0.05) is 37.9 Å². The van der Waals surface area contributed by atoms with Crippen LogP contribution in [0.3, 0.4) is 0 Å². The van der Waals surface area contributed by atoms with Gasteiger partial charge in [0.1, 0.15) is 0 Å². The highest BCUT2D eigenvalue weighted by Crippen LogP contribution is 2.28. The van der Waals surface area contributed by atoms with Gasteiger partial charge in [0.2, 0.25) is 11.8 Å². The molecule has 126 valence electrons. The number of nitrogens with zero attached hydrogens (tertiary/aromatic N) is 5. The second-order valence-electron chi connectivity index (χ2n) is 6.02. The molecule has 1 amide bonds. The molecule has 0 radical (unpaired) electrons. The zero-order chi connectivity index (χ0) is 17.1. The molecule has 0 aromatic carbocycles. The number of amides is 1. The number of likely N-dealkylation sites (tertiary alicyclic amines) is 1. The molecule has 0 saturated carbocycles. The molecule has 4 rings (SSSR count). The van der Waals surface area contributed by atoms with Crippen molar-refractivity contribution in [1.29, 1.82) is 0 Å². The van der Waals surface area contributed by atoms with Crippen LogP contribution < -0.4 is 0 Å². The molecule has 7 heteroatoms. The van der Waals surface area contributed by atoms with Crippen LogP contribution in [0.1, 0.15) is 35.0 Å². The van der Waals surface area contributed by atoms with Crippen molar-refractivity contribution in [3.63, 3.8) is 0 Å². The van der Waals surface area contributed by atoms with E-state index in [2.05, 4.69) is 20.2 Å². The summed E-state index contributed by atoms with van der Waals surface area (Å²) in [6.07, 6.45) is 8.47. The molecule has 7 nitrogen and oxygen atoms in total. The maximum Gasteiger partial charge on any atom is 0.255 e. The van der Waals surface area contributed by atoms with Gasteiger partial charge in [-0.15, -0.1) is 10.2 Å². The molecule has 0 bridgehead atoms. The molecular weight excluding hydrogens is 318 g/mol. The maximum absolute atomic E-state index is 12.6. The molecule has 0 N–H and O–H groups in total. The summed E-state index contributed by atoms with van der Waals surface area (Å²) in [4.78, 5) is 22.5. The van der Waals surface area contributed by atoms with Crippen LogP contribution >= 0.6 is 0 Å². The zero-order valence-corrected chi connectivity index (χ0v) is 13.6. The highest BCUT2D eigenvalue weighted by Gasteiger charge is 2.29. The Kier molecular flexibility index (Phi) is 4.20. The van der Waals surface area contributed by atoms with Crippen LogP contribution in [-0.2, 0) is 0 Å². The standard InChI is InChI=1S/C18H17N5O2/c24-18(14-5-2-8-20-11-14)23-9-3-6-15(12-23)17-22-21-16(25-17)13-4-1-7-19-10-13/h1-2,4-5,7-8,10-11,15H,3,6,9,12H2. The first-order valence-corrected chi connectivity index (χ1v) is 8.24. The third kappa shape index (κ3) is 3.26. The monoisotopic (exact) mass is 335 g/mol. The van der Waals surface area contributed by atoms with Gasteiger partial charge in [0.15, 0.2) is 0 Å². The summed E-state index contributed by atoms with van der Waals surface area (Å²) in [6.45, 7) is 1.30. The molecule has 25 heavy (non-hydrogen) atoms. The second-order valence-corrected chi connectivity index (χ2v) is 6.02. The van der Waals surface area contributed by atoms with E-state index in [1.807, 2.05) is 17.0 Å². The van der Waals surface area contributed by atoms with E-state index in [1.54, 1.807) is 36.9 Å². The lowest BCUT2D eigenvalue weighted by atomic mass is 9.97. The molecule has 3 aromatic heterocycles. The Morgan fingerprint density at radius 3 is 2.72 bits per heavy atom. The highest BCUT2D eigenvalue weighted by atomic mass is 16.4. The first kappa shape index (κ1) is 15.4. The minimum absolute atomic E-state index is 0.00945. The summed E-state index contributed by atoms with van der Waals surface area (Å²) in [6, 6.07) is 7.26. The number of hydrogen-bond donors (Lipinski definition) is 0. The van der Waals surface area contributed by atoms with Gasteiger partial charge in [-0.25, -0.2) is 0 Å². The number of piperidine rings is 1. The first-order valence-electron chi connectivity index (χ1n) is 8.24. The lowest BCUT2D eigenvalue weighted by Gasteiger charge is -2.31. The van der Waals surface area contributed by atoms with E-state index < -0.39 is 0 Å². The third-order valence-corrected chi connectivity index (χ3v) is 4.32. The van der Waals surface area contributed by atoms with Gasteiger partial charge in [-0.05, 0) is 37.1 Å². The summed E-state index contributed by atoms with van der Waals surface area (Å²) in [5.41, 5.74) is 1.39. The molecule has 0 aliphatic carbocycles. The van der Waals surface area contributed by atoms with Crippen molar-refractivity contribution in [2.45, 2.75) is 18.8 Å². The molecule has 4 heterocycles. The number of rotatable bonds is 3. The fourth-order valence-electron chi connectivity index (χ4n) is 3.04. The predicted octanol–water partition coefficient (Wildman–Crippen LogP) is 2.55. The SMILES string of the molecule is O=C(c1cccnc1)N1CCCC(c2nnc(-c3cccnc3)o2)C1. The highest BCUT2D eigenvalue weighted by molar-refractivity contribution is 5.93. The van der Waals surface area contributed by atoms with Crippen molar-refractivity contribution < 1.29 is 9.21 Å². The van der Waals surface area contributed by atoms with Crippen molar-refractivity contribution >= 4 is 5.91 Å². The Morgan fingerprint density at radius 2 is 1.96 bits per heavy atom. The van der Waals surface area contributed by atoms with Crippen molar-refractivity contribution in [2.24, 2.45) is 0 Å². The Labute approximate surface area is 144 Å². The summed E-state index contributed by atoms with van der Waals surface area (Å²) in [5, 5.41) is 8.31. The lowest BCUT2D eigenvalue weighted by molar-refractivity contribution is 0.0698. The summed E-state index contributed by atoms with van der Waals surface area (Å²) >= 11 is 0. The van der Waals surface area contributed by atoms with E-state index in [-0.39, 0.29) is 11.8 Å². The second kappa shape index (κ2) is 6.80. The third-order valence-electron chi connectivity index (χ3n) is 4.32. The largest absolute Gasteiger partial charge is 0.420 e. The zero-order valence-electron chi connectivity index (χ0n) is 13.6. The van der Waals surface area contributed by atoms with E-state index in [4.69, 9.17) is 4.42 Å². The minimum atomic E-state index is -0.00945. The van der Waals surface area contributed by atoms with Crippen LogP contribution in [-0.4, -0.2) is 44.1 Å². The lowest BCUT2D eigenvalue weighted by Crippen LogP contribution is -2.39. The van der Waals surface area contributed by atoms with Gasteiger partial charge in [0.05, 0.1) is 17.0 Å². The number of carbonyl (C=O) groups excluding carboxylic acids is 1. The number of pyridine rings is 2. The van der Waals surface area contributed by atoms with Gasteiger partial charge in [-0.1, -0.05) is 0 Å². The first-order chi connectivity index (χ1) is 12.3. The predicted molar refractivity (Wildman–Crippen MR) is 89.6 cm³/mol. The number of hydrogen-bond acceptors (Lipinski definition) is 6. The number of aromatic nitrogens is 4. The number of carbonyl (C=O) groups is 1. The van der Waals surface area contributed by atoms with E-state index in [0.717, 1.165) is 24.9 Å². The van der Waals surface area contributed by atoms with Crippen molar-refractivity contribution in [1.82, 2.24) is 25.1 Å². The van der Waals surface area contributed by atoms with Crippen molar-refractivity contribution in [2.75, 3.05) is 13.1 Å². The molecule has 1 saturated heterocycles. The topological polar surface area (TPSA) is 85.0 Å².